The van der Waals surface area contributed by atoms with E-state index in [4.69, 9.17) is 28.3 Å². The maximum atomic E-state index is 12.2. The van der Waals surface area contributed by atoms with E-state index in [1.54, 1.807) is 35.0 Å². The first-order valence-corrected chi connectivity index (χ1v) is 7.71. The number of aliphatic carboxylic acids is 1. The van der Waals surface area contributed by atoms with Crippen LogP contribution in [0.4, 0.5) is 0 Å². The number of benzene rings is 1. The van der Waals surface area contributed by atoms with Gasteiger partial charge in [-0.3, -0.25) is 14.5 Å². The SMILES string of the molecule is CCCN(CC(=O)O)CC(=O)N(C)Cc1ccc(Cl)c(Cl)c1. The fraction of sp³-hybridized carbons (Fsp3) is 0.467. The van der Waals surface area contributed by atoms with Crippen molar-refractivity contribution in [1.29, 1.82) is 0 Å². The molecule has 0 aliphatic heterocycles. The summed E-state index contributed by atoms with van der Waals surface area (Å²) in [5.74, 6) is -1.07. The number of amides is 1. The third kappa shape index (κ3) is 6.22. The van der Waals surface area contributed by atoms with E-state index in [0.717, 1.165) is 12.0 Å². The second-order valence-corrected chi connectivity index (χ2v) is 5.92. The Bertz CT molecular complexity index is 538. The van der Waals surface area contributed by atoms with E-state index in [0.29, 0.717) is 23.1 Å². The normalized spacial score (nSPS) is 10.8. The van der Waals surface area contributed by atoms with Crippen LogP contribution in [0, 0.1) is 0 Å². The molecule has 0 aliphatic carbocycles. The first-order valence-electron chi connectivity index (χ1n) is 6.95. The van der Waals surface area contributed by atoms with E-state index in [1.165, 1.54) is 0 Å². The van der Waals surface area contributed by atoms with Crippen molar-refractivity contribution in [1.82, 2.24) is 9.80 Å². The van der Waals surface area contributed by atoms with E-state index >= 15 is 0 Å². The number of carbonyl (C=O) groups is 2. The Morgan fingerprint density at radius 1 is 1.18 bits per heavy atom. The number of carbonyl (C=O) groups excluding carboxylic acids is 1. The van der Waals surface area contributed by atoms with Crippen molar-refractivity contribution in [2.24, 2.45) is 0 Å². The lowest BCUT2D eigenvalue weighted by molar-refractivity contribution is -0.139. The summed E-state index contributed by atoms with van der Waals surface area (Å²) in [4.78, 5) is 26.2. The maximum absolute atomic E-state index is 12.2. The summed E-state index contributed by atoms with van der Waals surface area (Å²) in [6.45, 7) is 2.85. The van der Waals surface area contributed by atoms with Crippen LogP contribution in [0.2, 0.25) is 10.0 Å². The zero-order valence-corrected chi connectivity index (χ0v) is 14.2. The first-order chi connectivity index (χ1) is 10.3. The van der Waals surface area contributed by atoms with E-state index in [-0.39, 0.29) is 19.0 Å². The van der Waals surface area contributed by atoms with Gasteiger partial charge in [-0.1, -0.05) is 36.2 Å². The first kappa shape index (κ1) is 18.7. The molecule has 0 heterocycles. The fourth-order valence-electron chi connectivity index (χ4n) is 2.03. The number of carboxylic acid groups (broad SMARTS) is 1. The molecular weight excluding hydrogens is 327 g/mol. The number of carboxylic acids is 1. The molecule has 0 radical (unpaired) electrons. The van der Waals surface area contributed by atoms with Gasteiger partial charge >= 0.3 is 5.97 Å². The molecule has 5 nitrogen and oxygen atoms in total. The highest BCUT2D eigenvalue weighted by molar-refractivity contribution is 6.42. The molecule has 1 aromatic carbocycles. The van der Waals surface area contributed by atoms with Crippen molar-refractivity contribution < 1.29 is 14.7 Å². The van der Waals surface area contributed by atoms with E-state index in [1.807, 2.05) is 6.92 Å². The van der Waals surface area contributed by atoms with Crippen molar-refractivity contribution in [2.75, 3.05) is 26.7 Å². The van der Waals surface area contributed by atoms with Gasteiger partial charge in [-0.15, -0.1) is 0 Å². The lowest BCUT2D eigenvalue weighted by atomic mass is 10.2. The summed E-state index contributed by atoms with van der Waals surface area (Å²) >= 11 is 11.8. The molecule has 0 atom stereocenters. The van der Waals surface area contributed by atoms with Gasteiger partial charge in [0.2, 0.25) is 5.91 Å². The van der Waals surface area contributed by atoms with Crippen molar-refractivity contribution in [2.45, 2.75) is 19.9 Å². The van der Waals surface area contributed by atoms with Crippen LogP contribution in [0.25, 0.3) is 0 Å². The highest BCUT2D eigenvalue weighted by Crippen LogP contribution is 2.23. The van der Waals surface area contributed by atoms with E-state index in [2.05, 4.69) is 0 Å². The highest BCUT2D eigenvalue weighted by Gasteiger charge is 2.16. The van der Waals surface area contributed by atoms with Gasteiger partial charge in [-0.25, -0.2) is 0 Å². The topological polar surface area (TPSA) is 60.9 Å². The van der Waals surface area contributed by atoms with Crippen LogP contribution in [0.1, 0.15) is 18.9 Å². The van der Waals surface area contributed by atoms with E-state index < -0.39 is 5.97 Å². The summed E-state index contributed by atoms with van der Waals surface area (Å²) in [6.07, 6.45) is 0.789. The zero-order valence-electron chi connectivity index (χ0n) is 12.7. The number of nitrogens with zero attached hydrogens (tertiary/aromatic N) is 2. The monoisotopic (exact) mass is 346 g/mol. The van der Waals surface area contributed by atoms with Crippen molar-refractivity contribution in [3.63, 3.8) is 0 Å². The quantitative estimate of drug-likeness (QED) is 0.786. The average Bonchev–Trinajstić information content (AvgIpc) is 2.42. The predicted octanol–water partition coefficient (Wildman–Crippen LogP) is 2.75. The molecule has 0 saturated heterocycles. The van der Waals surface area contributed by atoms with Crippen molar-refractivity contribution in [3.05, 3.63) is 33.8 Å². The van der Waals surface area contributed by atoms with Crippen LogP contribution in [0.15, 0.2) is 18.2 Å². The minimum Gasteiger partial charge on any atom is -0.480 e. The fourth-order valence-corrected chi connectivity index (χ4v) is 2.35. The standard InChI is InChI=1S/C15H20Cl2N2O3/c1-3-6-19(10-15(21)22)9-14(20)18(2)8-11-4-5-12(16)13(17)7-11/h4-5,7H,3,6,8-10H2,1-2H3,(H,21,22). The number of hydrogen-bond donors (Lipinski definition) is 1. The molecule has 0 spiro atoms. The largest absolute Gasteiger partial charge is 0.480 e. The van der Waals surface area contributed by atoms with Gasteiger partial charge < -0.3 is 10.0 Å². The third-order valence-electron chi connectivity index (χ3n) is 3.09. The molecule has 0 fully saturated rings. The zero-order chi connectivity index (χ0) is 16.7. The Labute approximate surface area is 140 Å². The van der Waals surface area contributed by atoms with Gasteiger partial charge in [0, 0.05) is 13.6 Å². The molecule has 0 aliphatic rings. The molecular formula is C15H20Cl2N2O3. The van der Waals surface area contributed by atoms with Crippen LogP contribution in [0.3, 0.4) is 0 Å². The maximum Gasteiger partial charge on any atom is 0.317 e. The predicted molar refractivity (Wildman–Crippen MR) is 87.3 cm³/mol. The van der Waals surface area contributed by atoms with Crippen molar-refractivity contribution >= 4 is 35.1 Å². The number of likely N-dealkylation sites (N-methyl/N-ethyl adjacent to an activating group) is 1. The third-order valence-corrected chi connectivity index (χ3v) is 3.83. The highest BCUT2D eigenvalue weighted by atomic mass is 35.5. The molecule has 7 heteroatoms. The molecule has 122 valence electrons. The van der Waals surface area contributed by atoms with Crippen LogP contribution in [-0.2, 0) is 16.1 Å². The Morgan fingerprint density at radius 2 is 1.86 bits per heavy atom. The molecule has 0 bridgehead atoms. The molecule has 1 N–H and O–H groups in total. The number of hydrogen-bond acceptors (Lipinski definition) is 3. The van der Waals surface area contributed by atoms with Gasteiger partial charge in [0.1, 0.15) is 0 Å². The Morgan fingerprint density at radius 3 is 2.41 bits per heavy atom. The summed E-state index contributed by atoms with van der Waals surface area (Å²) in [7, 11) is 1.68. The van der Waals surface area contributed by atoms with Crippen LogP contribution in [0.5, 0.6) is 0 Å². The minimum atomic E-state index is -0.937. The Balaban J connectivity index is 2.62. The molecule has 1 rings (SSSR count). The van der Waals surface area contributed by atoms with E-state index in [9.17, 15) is 9.59 Å². The number of halogens is 2. The van der Waals surface area contributed by atoms with Gasteiger partial charge in [0.15, 0.2) is 0 Å². The summed E-state index contributed by atoms with van der Waals surface area (Å²) in [5, 5.41) is 9.77. The average molecular weight is 347 g/mol. The smallest absolute Gasteiger partial charge is 0.317 e. The van der Waals surface area contributed by atoms with Crippen LogP contribution < -0.4 is 0 Å². The summed E-state index contributed by atoms with van der Waals surface area (Å²) in [6, 6.07) is 5.21. The molecule has 1 aromatic rings. The van der Waals surface area contributed by atoms with Gasteiger partial charge in [-0.05, 0) is 30.7 Å². The Kier molecular flexibility index (Phi) is 7.65. The lowest BCUT2D eigenvalue weighted by Crippen LogP contribution is -2.40. The molecule has 0 aromatic heterocycles. The van der Waals surface area contributed by atoms with Crippen LogP contribution >= 0.6 is 23.2 Å². The lowest BCUT2D eigenvalue weighted by Gasteiger charge is -2.23. The number of rotatable bonds is 8. The molecule has 0 saturated carbocycles. The van der Waals surface area contributed by atoms with Gasteiger partial charge in [-0.2, -0.15) is 0 Å². The minimum absolute atomic E-state index is 0.0813. The molecule has 22 heavy (non-hydrogen) atoms. The molecule has 0 unspecified atom stereocenters. The van der Waals surface area contributed by atoms with Gasteiger partial charge in [0.25, 0.3) is 0 Å². The van der Waals surface area contributed by atoms with Crippen molar-refractivity contribution in [3.8, 4) is 0 Å². The summed E-state index contributed by atoms with van der Waals surface area (Å²) in [5.41, 5.74) is 0.866. The van der Waals surface area contributed by atoms with Crippen LogP contribution in [-0.4, -0.2) is 53.5 Å². The second-order valence-electron chi connectivity index (χ2n) is 5.10. The summed E-state index contributed by atoms with van der Waals surface area (Å²) < 4.78 is 0. The second kappa shape index (κ2) is 8.98. The Hall–Kier alpha value is -1.30. The van der Waals surface area contributed by atoms with Gasteiger partial charge in [0.05, 0.1) is 23.1 Å². The molecule has 1 amide bonds.